The first kappa shape index (κ1) is 18.3. The Kier molecular flexibility index (Phi) is 3.86. The normalized spacial score (nSPS) is 20.6. The monoisotopic (exact) mass is 430 g/mol. The molecular weight excluding hydrogens is 412 g/mol. The van der Waals surface area contributed by atoms with Crippen LogP contribution in [0.5, 0.6) is 0 Å². The van der Waals surface area contributed by atoms with Crippen LogP contribution >= 0.6 is 11.3 Å². The molecule has 3 heterocycles. The minimum absolute atomic E-state index is 0.0159. The zero-order chi connectivity index (χ0) is 21.2. The Hall–Kier alpha value is -3.45. The van der Waals surface area contributed by atoms with E-state index in [0.29, 0.717) is 17.6 Å². The number of hydrogen-bond acceptors (Lipinski definition) is 5. The number of imide groups is 1. The van der Waals surface area contributed by atoms with Crippen LogP contribution < -0.4 is 10.9 Å². The minimum atomic E-state index is -0.998. The van der Waals surface area contributed by atoms with E-state index in [0.717, 1.165) is 39.4 Å². The molecule has 1 fully saturated rings. The van der Waals surface area contributed by atoms with E-state index < -0.39 is 17.2 Å². The van der Waals surface area contributed by atoms with E-state index in [1.54, 1.807) is 17.4 Å². The number of carbonyl (C=O) groups excluding carboxylic acids is 2. The molecule has 1 aliphatic heterocycles. The van der Waals surface area contributed by atoms with Crippen LogP contribution in [0.25, 0.3) is 21.7 Å². The molecule has 4 aromatic rings. The molecule has 0 bridgehead atoms. The van der Waals surface area contributed by atoms with Gasteiger partial charge in [0.05, 0.1) is 6.54 Å². The van der Waals surface area contributed by atoms with E-state index in [1.165, 1.54) is 11.0 Å². The van der Waals surface area contributed by atoms with Crippen LogP contribution in [-0.4, -0.2) is 16.8 Å². The van der Waals surface area contributed by atoms with Crippen molar-refractivity contribution >= 4 is 45.0 Å². The second-order valence-electron chi connectivity index (χ2n) is 8.09. The van der Waals surface area contributed by atoms with Gasteiger partial charge >= 0.3 is 11.7 Å². The van der Waals surface area contributed by atoms with E-state index in [4.69, 9.17) is 4.42 Å². The lowest BCUT2D eigenvalue weighted by atomic mass is 9.80. The molecule has 7 heteroatoms. The first-order valence-corrected chi connectivity index (χ1v) is 11.1. The number of rotatable bonds is 2. The fourth-order valence-electron chi connectivity index (χ4n) is 5.00. The molecule has 1 saturated heterocycles. The molecule has 6 rings (SSSR count). The van der Waals surface area contributed by atoms with Gasteiger partial charge in [0.15, 0.2) is 0 Å². The van der Waals surface area contributed by atoms with E-state index in [1.807, 2.05) is 41.8 Å². The SMILES string of the molecule is O=C1NC2(CCCc3sccc32)C(=O)N1Cc1cc(=O)oc2ccc3ccccc3c12. The number of benzene rings is 2. The number of thiophene rings is 1. The van der Waals surface area contributed by atoms with Gasteiger partial charge in [0.1, 0.15) is 11.1 Å². The number of nitrogens with one attached hydrogen (secondary N) is 1. The van der Waals surface area contributed by atoms with Crippen LogP contribution in [0, 0.1) is 0 Å². The lowest BCUT2D eigenvalue weighted by Gasteiger charge is -2.31. The number of amides is 3. The summed E-state index contributed by atoms with van der Waals surface area (Å²) in [7, 11) is 0. The van der Waals surface area contributed by atoms with Gasteiger partial charge in [-0.1, -0.05) is 30.3 Å². The topological polar surface area (TPSA) is 79.6 Å². The molecule has 2 aliphatic rings. The van der Waals surface area contributed by atoms with Crippen LogP contribution in [0.4, 0.5) is 4.79 Å². The number of nitrogens with zero attached hydrogens (tertiary/aromatic N) is 1. The van der Waals surface area contributed by atoms with E-state index >= 15 is 0 Å². The molecule has 2 aromatic carbocycles. The third-order valence-corrected chi connectivity index (χ3v) is 7.36. The average molecular weight is 430 g/mol. The maximum Gasteiger partial charge on any atom is 0.336 e. The minimum Gasteiger partial charge on any atom is -0.423 e. The fourth-order valence-corrected chi connectivity index (χ4v) is 6.00. The molecule has 1 unspecified atom stereocenters. The molecule has 1 N–H and O–H groups in total. The number of aryl methyl sites for hydroxylation is 1. The van der Waals surface area contributed by atoms with Crippen LogP contribution in [0.15, 0.2) is 63.1 Å². The summed E-state index contributed by atoms with van der Waals surface area (Å²) in [6, 6.07) is 14.3. The predicted octanol–water partition coefficient (Wildman–Crippen LogP) is 4.29. The first-order valence-electron chi connectivity index (χ1n) is 10.2. The van der Waals surface area contributed by atoms with Crippen molar-refractivity contribution in [2.45, 2.75) is 31.3 Å². The Balaban J connectivity index is 1.48. The summed E-state index contributed by atoms with van der Waals surface area (Å²) in [5.74, 6) is -0.251. The van der Waals surface area contributed by atoms with Gasteiger partial charge in [-0.25, -0.2) is 9.59 Å². The lowest BCUT2D eigenvalue weighted by Crippen LogP contribution is -2.46. The third kappa shape index (κ3) is 2.59. The highest BCUT2D eigenvalue weighted by Crippen LogP contribution is 2.42. The van der Waals surface area contributed by atoms with Crippen molar-refractivity contribution in [1.29, 1.82) is 0 Å². The molecule has 154 valence electrons. The van der Waals surface area contributed by atoms with Gasteiger partial charge in [-0.05, 0) is 53.1 Å². The summed E-state index contributed by atoms with van der Waals surface area (Å²) in [6.45, 7) is 0.0159. The maximum atomic E-state index is 13.6. The predicted molar refractivity (Wildman–Crippen MR) is 118 cm³/mol. The van der Waals surface area contributed by atoms with Crippen LogP contribution in [0.1, 0.15) is 28.8 Å². The Morgan fingerprint density at radius 2 is 1.97 bits per heavy atom. The largest absolute Gasteiger partial charge is 0.423 e. The van der Waals surface area contributed by atoms with Crippen LogP contribution in [0.3, 0.4) is 0 Å². The molecule has 31 heavy (non-hydrogen) atoms. The molecule has 1 aliphatic carbocycles. The smallest absolute Gasteiger partial charge is 0.336 e. The quantitative estimate of drug-likeness (QED) is 0.292. The van der Waals surface area contributed by atoms with Gasteiger partial charge in [0.25, 0.3) is 5.91 Å². The number of urea groups is 1. The Morgan fingerprint density at radius 3 is 2.87 bits per heavy atom. The highest BCUT2D eigenvalue weighted by atomic mass is 32.1. The van der Waals surface area contributed by atoms with E-state index in [2.05, 4.69) is 5.32 Å². The van der Waals surface area contributed by atoms with Crippen LogP contribution in [-0.2, 0) is 23.3 Å². The number of hydrogen-bond donors (Lipinski definition) is 1. The first-order chi connectivity index (χ1) is 15.1. The maximum absolute atomic E-state index is 13.6. The summed E-state index contributed by atoms with van der Waals surface area (Å²) in [5.41, 5.74) is 0.456. The zero-order valence-corrected chi connectivity index (χ0v) is 17.3. The Bertz CT molecular complexity index is 1450. The molecule has 1 spiro atoms. The van der Waals surface area contributed by atoms with Crippen molar-refractivity contribution in [3.63, 3.8) is 0 Å². The summed E-state index contributed by atoms with van der Waals surface area (Å²) >= 11 is 1.62. The summed E-state index contributed by atoms with van der Waals surface area (Å²) in [5, 5.41) is 7.61. The lowest BCUT2D eigenvalue weighted by molar-refractivity contribution is -0.132. The second-order valence-corrected chi connectivity index (χ2v) is 9.09. The number of fused-ring (bicyclic) bond motifs is 5. The van der Waals surface area contributed by atoms with Crippen LogP contribution in [0.2, 0.25) is 0 Å². The molecule has 2 aromatic heterocycles. The molecule has 6 nitrogen and oxygen atoms in total. The van der Waals surface area contributed by atoms with Crippen molar-refractivity contribution in [3.05, 3.63) is 80.3 Å². The van der Waals surface area contributed by atoms with Crippen molar-refractivity contribution in [3.8, 4) is 0 Å². The molecule has 3 amide bonds. The molecule has 0 saturated carbocycles. The van der Waals surface area contributed by atoms with Gasteiger partial charge < -0.3 is 9.73 Å². The van der Waals surface area contributed by atoms with Crippen molar-refractivity contribution < 1.29 is 14.0 Å². The van der Waals surface area contributed by atoms with Gasteiger partial charge in [-0.3, -0.25) is 9.69 Å². The Morgan fingerprint density at radius 1 is 1.10 bits per heavy atom. The summed E-state index contributed by atoms with van der Waals surface area (Å²) in [6.07, 6.45) is 2.35. The van der Waals surface area contributed by atoms with E-state index in [9.17, 15) is 14.4 Å². The van der Waals surface area contributed by atoms with Crippen molar-refractivity contribution in [2.24, 2.45) is 0 Å². The van der Waals surface area contributed by atoms with Gasteiger partial charge in [-0.2, -0.15) is 0 Å². The second kappa shape index (κ2) is 6.52. The zero-order valence-electron chi connectivity index (χ0n) is 16.5. The summed E-state index contributed by atoms with van der Waals surface area (Å²) in [4.78, 5) is 41.2. The third-order valence-electron chi connectivity index (χ3n) is 6.38. The van der Waals surface area contributed by atoms with E-state index in [-0.39, 0.29) is 12.5 Å². The number of carbonyl (C=O) groups is 2. The van der Waals surface area contributed by atoms with Gasteiger partial charge in [0.2, 0.25) is 0 Å². The van der Waals surface area contributed by atoms with Gasteiger partial charge in [0, 0.05) is 21.9 Å². The highest BCUT2D eigenvalue weighted by molar-refractivity contribution is 7.10. The average Bonchev–Trinajstić information content (AvgIpc) is 3.34. The Labute approximate surface area is 181 Å². The highest BCUT2D eigenvalue weighted by Gasteiger charge is 2.54. The van der Waals surface area contributed by atoms with Crippen molar-refractivity contribution in [2.75, 3.05) is 0 Å². The molecule has 1 atom stereocenters. The fraction of sp³-hybridized carbons (Fsp3) is 0.208. The molecular formula is C24H18N2O4S. The van der Waals surface area contributed by atoms with Gasteiger partial charge in [-0.15, -0.1) is 11.3 Å². The van der Waals surface area contributed by atoms with Crippen molar-refractivity contribution in [1.82, 2.24) is 10.2 Å². The standard InChI is InChI=1S/C24H18N2O4S/c27-20-12-15(21-16-5-2-1-4-14(16)7-8-18(21)30-20)13-26-22(28)24(25-23(26)29)10-3-6-19-17(24)9-11-31-19/h1-2,4-5,7-9,11-12H,3,6,10,13H2,(H,25,29). The molecule has 0 radical (unpaired) electrons. The summed E-state index contributed by atoms with van der Waals surface area (Å²) < 4.78 is 5.42.